The summed E-state index contributed by atoms with van der Waals surface area (Å²) < 4.78 is 38.0. The molecule has 0 atom stereocenters. The lowest BCUT2D eigenvalue weighted by atomic mass is 9.91. The highest BCUT2D eigenvalue weighted by Gasteiger charge is 2.27. The molecule has 51 heavy (non-hydrogen) atoms. The van der Waals surface area contributed by atoms with Gasteiger partial charge in [0.2, 0.25) is 0 Å². The van der Waals surface area contributed by atoms with Gasteiger partial charge in [0.15, 0.2) is 5.65 Å². The number of pyridine rings is 2. The number of halogens is 2. The number of phenolic OH excluding ortho intramolecular Hbond substituents is 1. The first kappa shape index (κ1) is 32.9. The molecule has 0 amide bonds. The number of aromatic hydroxyl groups is 1. The van der Waals surface area contributed by atoms with Crippen molar-refractivity contribution < 1.29 is 18.6 Å². The van der Waals surface area contributed by atoms with E-state index in [-0.39, 0.29) is 34.7 Å². The fourth-order valence-corrected chi connectivity index (χ4v) is 7.43. The molecule has 1 saturated heterocycles. The van der Waals surface area contributed by atoms with Gasteiger partial charge < -0.3 is 19.6 Å². The van der Waals surface area contributed by atoms with Gasteiger partial charge in [0.1, 0.15) is 23.0 Å². The van der Waals surface area contributed by atoms with E-state index >= 15 is 0 Å². The monoisotopic (exact) mass is 693 g/mol. The van der Waals surface area contributed by atoms with Gasteiger partial charge in [0.05, 0.1) is 36.2 Å². The molecule has 4 aromatic heterocycles. The molecule has 0 unspecified atom stereocenters. The highest BCUT2D eigenvalue weighted by atomic mass is 19.1. The second kappa shape index (κ2) is 13.8. The van der Waals surface area contributed by atoms with E-state index < -0.39 is 17.1 Å². The van der Waals surface area contributed by atoms with E-state index in [4.69, 9.17) is 4.74 Å². The van der Waals surface area contributed by atoms with Gasteiger partial charge >= 0.3 is 5.69 Å². The van der Waals surface area contributed by atoms with Crippen LogP contribution in [0.1, 0.15) is 43.0 Å². The average Bonchev–Trinajstić information content (AvgIpc) is 3.54. The number of rotatable bonds is 8. The number of hydrogen-bond donors (Lipinski definition) is 2. The molecule has 0 bridgehead atoms. The van der Waals surface area contributed by atoms with Crippen molar-refractivity contribution in [2.24, 2.45) is 0 Å². The van der Waals surface area contributed by atoms with E-state index in [1.165, 1.54) is 21.4 Å². The minimum atomic E-state index is -0.662. The van der Waals surface area contributed by atoms with Gasteiger partial charge in [0, 0.05) is 50.7 Å². The number of phenols is 1. The Hall–Kier alpha value is -5.24. The maximum Gasteiger partial charge on any atom is 0.337 e. The Morgan fingerprint density at radius 1 is 0.922 bits per heavy atom. The van der Waals surface area contributed by atoms with Crippen LogP contribution in [0.25, 0.3) is 33.5 Å². The number of ether oxygens (including phenoxy) is 1. The van der Waals surface area contributed by atoms with Gasteiger partial charge in [-0.15, -0.1) is 0 Å². The van der Waals surface area contributed by atoms with Crippen LogP contribution in [0.15, 0.2) is 88.8 Å². The Morgan fingerprint density at radius 3 is 2.57 bits per heavy atom. The number of imidazole rings is 1. The minimum Gasteiger partial charge on any atom is -0.508 e. The van der Waals surface area contributed by atoms with Crippen molar-refractivity contribution in [3.05, 3.63) is 123 Å². The van der Waals surface area contributed by atoms with Crippen molar-refractivity contribution in [2.45, 2.75) is 50.9 Å². The highest BCUT2D eigenvalue weighted by molar-refractivity contribution is 5.77. The summed E-state index contributed by atoms with van der Waals surface area (Å²) in [5, 5.41) is 13.9. The van der Waals surface area contributed by atoms with E-state index in [1.807, 2.05) is 24.3 Å². The Balaban J connectivity index is 1.09. The lowest BCUT2D eigenvalue weighted by molar-refractivity contribution is 0.0342. The summed E-state index contributed by atoms with van der Waals surface area (Å²) in [5.41, 5.74) is 3.57. The number of morpholine rings is 1. The topological polar surface area (TPSA) is 119 Å². The molecule has 262 valence electrons. The van der Waals surface area contributed by atoms with Gasteiger partial charge in [-0.25, -0.2) is 28.1 Å². The second-order valence-corrected chi connectivity index (χ2v) is 13.3. The zero-order valence-electron chi connectivity index (χ0n) is 27.8. The molecule has 2 N–H and O–H groups in total. The number of benzene rings is 2. The lowest BCUT2D eigenvalue weighted by Crippen LogP contribution is -2.44. The molecule has 5 heterocycles. The molecule has 13 heteroatoms. The highest BCUT2D eigenvalue weighted by Crippen LogP contribution is 2.31. The molecule has 0 spiro atoms. The molecule has 11 nitrogen and oxygen atoms in total. The Kier molecular flexibility index (Phi) is 8.92. The SMILES string of the molecule is O=c1c2cc(F)cnc2n(-c2cccc(-c3ccc(O)cc3CN3CCOCC3)c2)c(=O)n1C1CCC(NCc2cn3cc(F)ccc3n2)CC1. The molecule has 2 aliphatic rings. The number of fused-ring (bicyclic) bond motifs is 2. The fourth-order valence-electron chi connectivity index (χ4n) is 7.43. The quantitative estimate of drug-likeness (QED) is 0.230. The summed E-state index contributed by atoms with van der Waals surface area (Å²) in [6, 6.07) is 16.6. The molecule has 2 aromatic carbocycles. The predicted molar refractivity (Wildman–Crippen MR) is 188 cm³/mol. The van der Waals surface area contributed by atoms with E-state index in [2.05, 4.69) is 20.2 Å². The fraction of sp³-hybridized carbons (Fsp3) is 0.316. The average molecular weight is 694 g/mol. The maximum absolute atomic E-state index is 14.6. The first-order chi connectivity index (χ1) is 24.8. The van der Waals surface area contributed by atoms with Crippen LogP contribution in [0.4, 0.5) is 8.78 Å². The first-order valence-electron chi connectivity index (χ1n) is 17.2. The summed E-state index contributed by atoms with van der Waals surface area (Å²) in [6.45, 7) is 3.96. The molecular formula is C38H37F2N7O4. The van der Waals surface area contributed by atoms with Crippen molar-refractivity contribution in [1.29, 1.82) is 0 Å². The van der Waals surface area contributed by atoms with E-state index in [9.17, 15) is 23.5 Å². The Bertz CT molecular complexity index is 2360. The minimum absolute atomic E-state index is 0.0289. The van der Waals surface area contributed by atoms with Crippen LogP contribution in [0.2, 0.25) is 0 Å². The van der Waals surface area contributed by atoms with Crippen molar-refractivity contribution in [3.63, 3.8) is 0 Å². The smallest absolute Gasteiger partial charge is 0.337 e. The standard InChI is InChI=1S/C38H37F2N7O4/c39-26-4-11-35-43-29(23-45(35)22-26)20-41-28-5-7-30(8-6-28)47-37(49)34-18-27(40)19-42-36(34)46(38(47)50)31-3-1-2-24(16-31)33-10-9-32(48)17-25(33)21-44-12-14-51-15-13-44/h1-4,9-11,16-19,22-23,28,30,41,48H,5-8,12-15,20-21H2. The molecule has 6 aromatic rings. The van der Waals surface area contributed by atoms with Crippen LogP contribution in [0.5, 0.6) is 5.75 Å². The first-order valence-corrected chi connectivity index (χ1v) is 17.2. The zero-order chi connectivity index (χ0) is 35.1. The van der Waals surface area contributed by atoms with Crippen molar-refractivity contribution in [1.82, 2.24) is 33.7 Å². The van der Waals surface area contributed by atoms with Crippen LogP contribution < -0.4 is 16.6 Å². The van der Waals surface area contributed by atoms with Crippen LogP contribution in [0.3, 0.4) is 0 Å². The number of aromatic nitrogens is 5. The van der Waals surface area contributed by atoms with E-state index in [0.717, 1.165) is 47.7 Å². The molecule has 8 rings (SSSR count). The number of nitrogens with one attached hydrogen (secondary N) is 1. The number of nitrogens with zero attached hydrogens (tertiary/aromatic N) is 6. The Morgan fingerprint density at radius 2 is 1.75 bits per heavy atom. The van der Waals surface area contributed by atoms with E-state index in [0.29, 0.717) is 63.3 Å². The molecular weight excluding hydrogens is 656 g/mol. The van der Waals surface area contributed by atoms with Gasteiger partial charge in [-0.2, -0.15) is 0 Å². The molecule has 1 saturated carbocycles. The number of hydrogen-bond acceptors (Lipinski definition) is 8. The van der Waals surface area contributed by atoms with Crippen LogP contribution in [-0.4, -0.2) is 65.9 Å². The molecule has 2 fully saturated rings. The molecule has 1 aliphatic carbocycles. The van der Waals surface area contributed by atoms with Gasteiger partial charge in [-0.05, 0) is 84.8 Å². The third-order valence-corrected chi connectivity index (χ3v) is 9.99. The van der Waals surface area contributed by atoms with Crippen LogP contribution >= 0.6 is 0 Å². The third-order valence-electron chi connectivity index (χ3n) is 9.99. The lowest BCUT2D eigenvalue weighted by Gasteiger charge is -2.30. The predicted octanol–water partition coefficient (Wildman–Crippen LogP) is 4.95. The largest absolute Gasteiger partial charge is 0.508 e. The zero-order valence-corrected chi connectivity index (χ0v) is 27.8. The summed E-state index contributed by atoms with van der Waals surface area (Å²) in [7, 11) is 0. The molecule has 1 aliphatic heterocycles. The third kappa shape index (κ3) is 6.67. The summed E-state index contributed by atoms with van der Waals surface area (Å²) in [4.78, 5) is 39.4. The van der Waals surface area contributed by atoms with Crippen LogP contribution in [-0.2, 0) is 17.8 Å². The van der Waals surface area contributed by atoms with E-state index in [1.54, 1.807) is 34.9 Å². The van der Waals surface area contributed by atoms with Crippen molar-refractivity contribution in [2.75, 3.05) is 26.3 Å². The maximum atomic E-state index is 14.6. The summed E-state index contributed by atoms with van der Waals surface area (Å²) in [6.07, 6.45) is 6.75. The van der Waals surface area contributed by atoms with Gasteiger partial charge in [-0.3, -0.25) is 14.3 Å². The van der Waals surface area contributed by atoms with Gasteiger partial charge in [-0.1, -0.05) is 18.2 Å². The van der Waals surface area contributed by atoms with Crippen LogP contribution in [0, 0.1) is 11.6 Å². The van der Waals surface area contributed by atoms with Gasteiger partial charge in [0.25, 0.3) is 5.56 Å². The summed E-state index contributed by atoms with van der Waals surface area (Å²) in [5.74, 6) is -0.835. The second-order valence-electron chi connectivity index (χ2n) is 13.3. The normalized spacial score (nSPS) is 18.5. The Labute approximate surface area is 291 Å². The summed E-state index contributed by atoms with van der Waals surface area (Å²) >= 11 is 0. The molecule has 0 radical (unpaired) electrons. The van der Waals surface area contributed by atoms with Crippen molar-refractivity contribution >= 4 is 16.7 Å². The van der Waals surface area contributed by atoms with Crippen molar-refractivity contribution in [3.8, 4) is 22.6 Å².